The quantitative estimate of drug-likeness (QED) is 0.807. The van der Waals surface area contributed by atoms with Gasteiger partial charge in [0.05, 0.1) is 10.7 Å². The Bertz CT molecular complexity index is 282. The van der Waals surface area contributed by atoms with Crippen molar-refractivity contribution in [3.63, 3.8) is 0 Å². The van der Waals surface area contributed by atoms with E-state index in [1.165, 1.54) is 11.3 Å². The van der Waals surface area contributed by atoms with Crippen molar-refractivity contribution in [2.75, 3.05) is 6.54 Å². The van der Waals surface area contributed by atoms with E-state index < -0.39 is 0 Å². The molecule has 1 aromatic heterocycles. The van der Waals surface area contributed by atoms with E-state index in [4.69, 9.17) is 17.3 Å². The van der Waals surface area contributed by atoms with Crippen LogP contribution in [-0.2, 0) is 6.42 Å². The van der Waals surface area contributed by atoms with E-state index in [0.29, 0.717) is 18.3 Å². The van der Waals surface area contributed by atoms with Gasteiger partial charge in [0.25, 0.3) is 0 Å². The van der Waals surface area contributed by atoms with E-state index >= 15 is 0 Å². The summed E-state index contributed by atoms with van der Waals surface area (Å²) in [5.41, 5.74) is 6.90. The number of thiophene rings is 1. The molecule has 1 aromatic rings. The molecule has 12 heavy (non-hydrogen) atoms. The second-order valence-electron chi connectivity index (χ2n) is 2.41. The lowest BCUT2D eigenvalue weighted by molar-refractivity contribution is 0.700. The van der Waals surface area contributed by atoms with Crippen molar-refractivity contribution in [3.05, 3.63) is 33.2 Å². The Morgan fingerprint density at radius 1 is 1.75 bits per heavy atom. The van der Waals surface area contributed by atoms with Crippen molar-refractivity contribution in [1.29, 1.82) is 0 Å². The Morgan fingerprint density at radius 2 is 2.50 bits per heavy atom. The minimum absolute atomic E-state index is 0.254. The molecule has 0 radical (unpaired) electrons. The third kappa shape index (κ3) is 2.59. The SMILES string of the molecule is NC/C(=C\F)Cc1csc(Cl)c1. The van der Waals surface area contributed by atoms with Crippen molar-refractivity contribution in [3.8, 4) is 0 Å². The molecule has 4 heteroatoms. The van der Waals surface area contributed by atoms with E-state index in [-0.39, 0.29) is 6.54 Å². The summed E-state index contributed by atoms with van der Waals surface area (Å²) in [7, 11) is 0. The van der Waals surface area contributed by atoms with Gasteiger partial charge >= 0.3 is 0 Å². The lowest BCUT2D eigenvalue weighted by atomic mass is 10.1. The van der Waals surface area contributed by atoms with Crippen molar-refractivity contribution in [1.82, 2.24) is 0 Å². The molecule has 0 aromatic carbocycles. The van der Waals surface area contributed by atoms with Crippen LogP contribution in [0.1, 0.15) is 5.56 Å². The zero-order chi connectivity index (χ0) is 8.97. The first-order valence-corrected chi connectivity index (χ1v) is 4.73. The van der Waals surface area contributed by atoms with Crippen LogP contribution in [0, 0.1) is 0 Å². The fourth-order valence-electron chi connectivity index (χ4n) is 0.856. The van der Waals surface area contributed by atoms with Crippen molar-refractivity contribution in [2.24, 2.45) is 5.73 Å². The lowest BCUT2D eigenvalue weighted by Gasteiger charge is -1.98. The van der Waals surface area contributed by atoms with Crippen LogP contribution in [0.15, 0.2) is 23.3 Å². The average molecular weight is 206 g/mol. The molecule has 0 aliphatic carbocycles. The number of nitrogens with two attached hydrogens (primary N) is 1. The largest absolute Gasteiger partial charge is 0.327 e. The van der Waals surface area contributed by atoms with Crippen molar-refractivity contribution >= 4 is 22.9 Å². The molecule has 0 fully saturated rings. The third-order valence-electron chi connectivity index (χ3n) is 1.47. The Morgan fingerprint density at radius 3 is 2.92 bits per heavy atom. The second kappa shape index (κ2) is 4.60. The maximum absolute atomic E-state index is 12.1. The van der Waals surface area contributed by atoms with Crippen molar-refractivity contribution < 1.29 is 4.39 Å². The van der Waals surface area contributed by atoms with Gasteiger partial charge in [0.2, 0.25) is 0 Å². The topological polar surface area (TPSA) is 26.0 Å². The van der Waals surface area contributed by atoms with Gasteiger partial charge in [-0.1, -0.05) is 11.6 Å². The predicted molar refractivity (Wildman–Crippen MR) is 51.3 cm³/mol. The predicted octanol–water partition coefficient (Wildman–Crippen LogP) is 2.76. The van der Waals surface area contributed by atoms with Crippen LogP contribution in [0.5, 0.6) is 0 Å². The normalized spacial score (nSPS) is 12.1. The number of halogens is 2. The van der Waals surface area contributed by atoms with Gasteiger partial charge in [-0.25, -0.2) is 4.39 Å². The van der Waals surface area contributed by atoms with Gasteiger partial charge < -0.3 is 5.73 Å². The molecule has 0 spiro atoms. The molecule has 1 nitrogen and oxygen atoms in total. The highest BCUT2D eigenvalue weighted by Crippen LogP contribution is 2.21. The van der Waals surface area contributed by atoms with Gasteiger partial charge in [-0.15, -0.1) is 11.3 Å². The smallest absolute Gasteiger partial charge is 0.0931 e. The zero-order valence-corrected chi connectivity index (χ0v) is 7.96. The van der Waals surface area contributed by atoms with Crippen LogP contribution in [-0.4, -0.2) is 6.54 Å². The first-order chi connectivity index (χ1) is 5.76. The number of rotatable bonds is 3. The highest BCUT2D eigenvalue weighted by atomic mass is 35.5. The highest BCUT2D eigenvalue weighted by Gasteiger charge is 2.00. The van der Waals surface area contributed by atoms with Gasteiger partial charge in [0.1, 0.15) is 0 Å². The molecule has 2 N–H and O–H groups in total. The van der Waals surface area contributed by atoms with E-state index in [0.717, 1.165) is 9.90 Å². The monoisotopic (exact) mass is 205 g/mol. The summed E-state index contributed by atoms with van der Waals surface area (Å²) in [6, 6.07) is 1.82. The molecule has 0 unspecified atom stereocenters. The third-order valence-corrected chi connectivity index (χ3v) is 2.61. The molecule has 1 heterocycles. The minimum atomic E-state index is 0.254. The second-order valence-corrected chi connectivity index (χ2v) is 3.95. The molecular formula is C8H9ClFNS. The summed E-state index contributed by atoms with van der Waals surface area (Å²) in [5, 5.41) is 1.90. The molecule has 0 bridgehead atoms. The first kappa shape index (κ1) is 9.71. The maximum atomic E-state index is 12.1. The Kier molecular flexibility index (Phi) is 3.72. The van der Waals surface area contributed by atoms with Gasteiger partial charge in [0.15, 0.2) is 0 Å². The molecule has 1 rings (SSSR count). The summed E-state index contributed by atoms with van der Waals surface area (Å²) in [6.45, 7) is 0.254. The summed E-state index contributed by atoms with van der Waals surface area (Å²) < 4.78 is 12.8. The van der Waals surface area contributed by atoms with Crippen LogP contribution >= 0.6 is 22.9 Å². The molecule has 0 aliphatic heterocycles. The van der Waals surface area contributed by atoms with Gasteiger partial charge in [-0.2, -0.15) is 0 Å². The average Bonchev–Trinajstić information content (AvgIpc) is 2.47. The molecule has 0 aliphatic rings. The number of hydrogen-bond donors (Lipinski definition) is 1. The molecular weight excluding hydrogens is 197 g/mol. The van der Waals surface area contributed by atoms with Crippen LogP contribution < -0.4 is 5.73 Å². The molecule has 0 amide bonds. The molecule has 0 saturated carbocycles. The van der Waals surface area contributed by atoms with Crippen LogP contribution in [0.4, 0.5) is 4.39 Å². The summed E-state index contributed by atoms with van der Waals surface area (Å²) in [6.07, 6.45) is 1.11. The summed E-state index contributed by atoms with van der Waals surface area (Å²) in [4.78, 5) is 0. The van der Waals surface area contributed by atoms with E-state index in [1.54, 1.807) is 0 Å². The standard InChI is InChI=1S/C8H9ClFNS/c9-8-2-6(5-12-8)1-7(3-10)4-11/h2-3,5H,1,4,11H2/b7-3-. The molecule has 0 atom stereocenters. The summed E-state index contributed by atoms with van der Waals surface area (Å²) >= 11 is 7.15. The van der Waals surface area contributed by atoms with Crippen LogP contribution in [0.25, 0.3) is 0 Å². The van der Waals surface area contributed by atoms with E-state index in [1.807, 2.05) is 11.4 Å². The van der Waals surface area contributed by atoms with Gasteiger partial charge in [-0.3, -0.25) is 0 Å². The molecule has 66 valence electrons. The fourth-order valence-corrected chi connectivity index (χ4v) is 1.76. The Labute approximate surface area is 79.7 Å². The van der Waals surface area contributed by atoms with Gasteiger partial charge in [0, 0.05) is 6.54 Å². The van der Waals surface area contributed by atoms with Crippen molar-refractivity contribution in [2.45, 2.75) is 6.42 Å². The minimum Gasteiger partial charge on any atom is -0.327 e. The summed E-state index contributed by atoms with van der Waals surface area (Å²) in [5.74, 6) is 0. The number of hydrogen-bond acceptors (Lipinski definition) is 2. The van der Waals surface area contributed by atoms with Gasteiger partial charge in [-0.05, 0) is 29.0 Å². The maximum Gasteiger partial charge on any atom is 0.0931 e. The zero-order valence-electron chi connectivity index (χ0n) is 6.39. The fraction of sp³-hybridized carbons (Fsp3) is 0.250. The molecule has 0 saturated heterocycles. The van der Waals surface area contributed by atoms with Crippen LogP contribution in [0.2, 0.25) is 4.34 Å². The first-order valence-electron chi connectivity index (χ1n) is 3.47. The van der Waals surface area contributed by atoms with E-state index in [9.17, 15) is 4.39 Å². The highest BCUT2D eigenvalue weighted by molar-refractivity contribution is 7.14. The van der Waals surface area contributed by atoms with E-state index in [2.05, 4.69) is 0 Å². The Hall–Kier alpha value is -0.380. The van der Waals surface area contributed by atoms with Crippen LogP contribution in [0.3, 0.4) is 0 Å². The Balaban J connectivity index is 2.63. The lowest BCUT2D eigenvalue weighted by Crippen LogP contribution is -2.04.